The van der Waals surface area contributed by atoms with Gasteiger partial charge in [0.15, 0.2) is 0 Å². The van der Waals surface area contributed by atoms with Gasteiger partial charge in [0.2, 0.25) is 5.88 Å². The summed E-state index contributed by atoms with van der Waals surface area (Å²) in [5.41, 5.74) is 1.87. The molecule has 3 aromatic rings. The Morgan fingerprint density at radius 1 is 0.704 bits per heavy atom. The Balaban J connectivity index is 1.39. The van der Waals surface area contributed by atoms with Crippen molar-refractivity contribution in [1.29, 1.82) is 0 Å². The average Bonchev–Trinajstić information content (AvgIpc) is 2.72. The number of ether oxygens (including phenoxy) is 1. The second-order valence-electron chi connectivity index (χ2n) is 7.39. The molecule has 0 bridgehead atoms. The molecule has 0 aliphatic heterocycles. The lowest BCUT2D eigenvalue weighted by Crippen LogP contribution is -1.99. The summed E-state index contributed by atoms with van der Waals surface area (Å²) >= 11 is 0. The van der Waals surface area contributed by atoms with E-state index in [-0.39, 0.29) is 0 Å². The van der Waals surface area contributed by atoms with E-state index < -0.39 is 0 Å². The first-order chi connectivity index (χ1) is 13.4. The number of hydrogen-bond donors (Lipinski definition) is 0. The van der Waals surface area contributed by atoms with Crippen molar-refractivity contribution in [3.63, 3.8) is 0 Å². The highest BCUT2D eigenvalue weighted by molar-refractivity contribution is 6.02. The first-order valence-electron chi connectivity index (χ1n) is 10.7. The van der Waals surface area contributed by atoms with Crippen LogP contribution in [-0.2, 0) is 0 Å². The van der Waals surface area contributed by atoms with Crippen LogP contribution in [-0.4, -0.2) is 16.6 Å². The Morgan fingerprint density at radius 2 is 1.33 bits per heavy atom. The number of benzene rings is 1. The van der Waals surface area contributed by atoms with Crippen LogP contribution in [0.1, 0.15) is 71.1 Å². The minimum absolute atomic E-state index is 0.705. The van der Waals surface area contributed by atoms with Crippen molar-refractivity contribution < 1.29 is 4.74 Å². The van der Waals surface area contributed by atoms with Crippen molar-refractivity contribution in [2.75, 3.05) is 6.61 Å². The number of nitrogens with zero attached hydrogens (tertiary/aromatic N) is 2. The molecule has 2 heterocycles. The van der Waals surface area contributed by atoms with E-state index in [4.69, 9.17) is 9.72 Å². The number of rotatable bonds is 12. The van der Waals surface area contributed by atoms with Gasteiger partial charge in [0.05, 0.1) is 12.1 Å². The van der Waals surface area contributed by atoms with Crippen LogP contribution in [0.15, 0.2) is 42.6 Å². The van der Waals surface area contributed by atoms with E-state index in [1.54, 1.807) is 0 Å². The van der Waals surface area contributed by atoms with Crippen LogP contribution < -0.4 is 4.74 Å². The highest BCUT2D eigenvalue weighted by Gasteiger charge is 2.05. The maximum atomic E-state index is 5.90. The van der Waals surface area contributed by atoms with Crippen LogP contribution in [0.25, 0.3) is 21.8 Å². The first kappa shape index (κ1) is 19.6. The third kappa shape index (κ3) is 5.92. The standard InChI is InChI=1S/C24H32N2O/c1-2-3-4-5-6-7-8-9-10-11-19-27-22-17-16-21-15-14-20-13-12-18-25-23(20)24(21)26-22/h12-18H,2-11,19H2,1H3. The quantitative estimate of drug-likeness (QED) is 0.254. The molecule has 3 rings (SSSR count). The van der Waals surface area contributed by atoms with Gasteiger partial charge in [-0.1, -0.05) is 82.9 Å². The zero-order valence-corrected chi connectivity index (χ0v) is 16.6. The van der Waals surface area contributed by atoms with Gasteiger partial charge in [0, 0.05) is 23.0 Å². The molecular weight excluding hydrogens is 332 g/mol. The van der Waals surface area contributed by atoms with E-state index in [1.165, 1.54) is 57.8 Å². The Morgan fingerprint density at radius 3 is 2.07 bits per heavy atom. The first-order valence-corrected chi connectivity index (χ1v) is 10.7. The summed E-state index contributed by atoms with van der Waals surface area (Å²) in [6.07, 6.45) is 15.2. The number of unbranched alkanes of at least 4 members (excludes halogenated alkanes) is 9. The molecule has 0 fully saturated rings. The van der Waals surface area contributed by atoms with Gasteiger partial charge in [-0.15, -0.1) is 0 Å². The molecule has 2 aromatic heterocycles. The molecule has 0 amide bonds. The zero-order valence-electron chi connectivity index (χ0n) is 16.6. The molecule has 0 aliphatic carbocycles. The number of aromatic nitrogens is 2. The Labute approximate surface area is 163 Å². The topological polar surface area (TPSA) is 35.0 Å². The minimum atomic E-state index is 0.705. The van der Waals surface area contributed by atoms with E-state index in [0.29, 0.717) is 5.88 Å². The molecule has 0 N–H and O–H groups in total. The van der Waals surface area contributed by atoms with Crippen LogP contribution >= 0.6 is 0 Å². The second-order valence-corrected chi connectivity index (χ2v) is 7.39. The summed E-state index contributed by atoms with van der Waals surface area (Å²) in [5, 5.41) is 2.22. The zero-order chi connectivity index (χ0) is 18.7. The maximum absolute atomic E-state index is 5.90. The summed E-state index contributed by atoms with van der Waals surface area (Å²) < 4.78 is 5.90. The van der Waals surface area contributed by atoms with Crippen molar-refractivity contribution in [2.45, 2.75) is 71.1 Å². The SMILES string of the molecule is CCCCCCCCCCCCOc1ccc2ccc3cccnc3c2n1. The van der Waals surface area contributed by atoms with Gasteiger partial charge in [0.25, 0.3) is 0 Å². The lowest BCUT2D eigenvalue weighted by Gasteiger charge is -2.08. The highest BCUT2D eigenvalue weighted by Crippen LogP contribution is 2.24. The third-order valence-electron chi connectivity index (χ3n) is 5.15. The average molecular weight is 365 g/mol. The van der Waals surface area contributed by atoms with Crippen LogP contribution in [0, 0.1) is 0 Å². The predicted molar refractivity (Wildman–Crippen MR) is 114 cm³/mol. The van der Waals surface area contributed by atoms with Crippen LogP contribution in [0.3, 0.4) is 0 Å². The molecule has 0 aliphatic rings. The highest BCUT2D eigenvalue weighted by atomic mass is 16.5. The van der Waals surface area contributed by atoms with Crippen molar-refractivity contribution in [3.05, 3.63) is 42.6 Å². The lowest BCUT2D eigenvalue weighted by atomic mass is 10.1. The molecule has 0 unspecified atom stereocenters. The Kier molecular flexibility index (Phi) is 7.88. The molecule has 0 saturated heterocycles. The monoisotopic (exact) mass is 364 g/mol. The smallest absolute Gasteiger partial charge is 0.213 e. The fourth-order valence-electron chi connectivity index (χ4n) is 3.55. The fourth-order valence-corrected chi connectivity index (χ4v) is 3.55. The lowest BCUT2D eigenvalue weighted by molar-refractivity contribution is 0.294. The van der Waals surface area contributed by atoms with Crippen LogP contribution in [0.2, 0.25) is 0 Å². The molecule has 0 saturated carbocycles. The summed E-state index contributed by atoms with van der Waals surface area (Å²) in [7, 11) is 0. The Hall–Kier alpha value is -2.16. The van der Waals surface area contributed by atoms with Gasteiger partial charge >= 0.3 is 0 Å². The molecule has 3 nitrogen and oxygen atoms in total. The maximum Gasteiger partial charge on any atom is 0.213 e. The number of fused-ring (bicyclic) bond motifs is 3. The minimum Gasteiger partial charge on any atom is -0.478 e. The molecule has 0 atom stereocenters. The number of pyridine rings is 2. The second kappa shape index (κ2) is 10.9. The summed E-state index contributed by atoms with van der Waals surface area (Å²) in [4.78, 5) is 9.20. The van der Waals surface area contributed by atoms with Crippen LogP contribution in [0.4, 0.5) is 0 Å². The van der Waals surface area contributed by atoms with E-state index >= 15 is 0 Å². The van der Waals surface area contributed by atoms with E-state index in [0.717, 1.165) is 34.8 Å². The Bertz CT molecular complexity index is 831. The molecule has 27 heavy (non-hydrogen) atoms. The molecule has 0 spiro atoms. The van der Waals surface area contributed by atoms with Crippen LogP contribution in [0.5, 0.6) is 5.88 Å². The number of hydrogen-bond acceptors (Lipinski definition) is 3. The van der Waals surface area contributed by atoms with E-state index in [9.17, 15) is 0 Å². The normalized spacial score (nSPS) is 11.3. The van der Waals surface area contributed by atoms with Crippen molar-refractivity contribution in [2.24, 2.45) is 0 Å². The van der Waals surface area contributed by atoms with Gasteiger partial charge in [0.1, 0.15) is 5.52 Å². The molecular formula is C24H32N2O. The molecule has 0 radical (unpaired) electrons. The van der Waals surface area contributed by atoms with Gasteiger partial charge < -0.3 is 4.74 Å². The van der Waals surface area contributed by atoms with E-state index in [2.05, 4.69) is 36.2 Å². The summed E-state index contributed by atoms with van der Waals surface area (Å²) in [5.74, 6) is 0.705. The molecule has 144 valence electrons. The van der Waals surface area contributed by atoms with Gasteiger partial charge in [-0.25, -0.2) is 4.98 Å². The predicted octanol–water partition coefficient (Wildman–Crippen LogP) is 7.08. The van der Waals surface area contributed by atoms with Gasteiger partial charge in [-0.05, 0) is 18.6 Å². The van der Waals surface area contributed by atoms with E-state index in [1.807, 2.05) is 18.3 Å². The molecule has 1 aromatic carbocycles. The largest absolute Gasteiger partial charge is 0.478 e. The van der Waals surface area contributed by atoms with Crippen molar-refractivity contribution >= 4 is 21.8 Å². The van der Waals surface area contributed by atoms with Gasteiger partial charge in [-0.2, -0.15) is 0 Å². The summed E-state index contributed by atoms with van der Waals surface area (Å²) in [6.45, 7) is 3.02. The fraction of sp³-hybridized carbons (Fsp3) is 0.500. The van der Waals surface area contributed by atoms with Gasteiger partial charge in [-0.3, -0.25) is 4.98 Å². The van der Waals surface area contributed by atoms with Crippen molar-refractivity contribution in [1.82, 2.24) is 9.97 Å². The molecule has 3 heteroatoms. The third-order valence-corrected chi connectivity index (χ3v) is 5.15. The van der Waals surface area contributed by atoms with Crippen molar-refractivity contribution in [3.8, 4) is 5.88 Å². The summed E-state index contributed by atoms with van der Waals surface area (Å²) in [6, 6.07) is 12.3.